The summed E-state index contributed by atoms with van der Waals surface area (Å²) >= 11 is 0. The molecule has 0 radical (unpaired) electrons. The minimum atomic E-state index is -0.555. The number of carbonyl (C=O) groups excluding carboxylic acids is 1. The first-order valence-corrected chi connectivity index (χ1v) is 9.93. The normalized spacial score (nSPS) is 10.6. The SMILES string of the molecule is COc1cccc(C(=O)N/N=C/c2cc(OC)c(OCc3cccc(C)c3)c([N+](=O)[O-])c2)c1. The molecule has 9 heteroatoms. The van der Waals surface area contributed by atoms with E-state index in [9.17, 15) is 14.9 Å². The zero-order chi connectivity index (χ0) is 23.8. The molecule has 0 spiro atoms. The molecule has 0 bridgehead atoms. The molecule has 0 aliphatic heterocycles. The van der Waals surface area contributed by atoms with Gasteiger partial charge < -0.3 is 14.2 Å². The molecule has 3 rings (SSSR count). The van der Waals surface area contributed by atoms with Crippen molar-refractivity contribution in [1.82, 2.24) is 5.43 Å². The molecule has 0 heterocycles. The van der Waals surface area contributed by atoms with E-state index < -0.39 is 10.8 Å². The quantitative estimate of drug-likeness (QED) is 0.297. The van der Waals surface area contributed by atoms with Crippen molar-refractivity contribution >= 4 is 17.8 Å². The standard InChI is InChI=1S/C24H23N3O6/c1-16-6-4-7-17(10-16)15-33-23-21(27(29)30)11-18(12-22(23)32-3)14-25-26-24(28)19-8-5-9-20(13-19)31-2/h4-14H,15H2,1-3H3,(H,26,28)/b25-14+. The first-order valence-electron chi connectivity index (χ1n) is 9.93. The Bertz CT molecular complexity index is 1190. The van der Waals surface area contributed by atoms with Crippen LogP contribution in [-0.2, 0) is 6.61 Å². The Morgan fingerprint density at radius 1 is 1.09 bits per heavy atom. The Labute approximate surface area is 190 Å². The van der Waals surface area contributed by atoms with Gasteiger partial charge in [-0.2, -0.15) is 5.10 Å². The highest BCUT2D eigenvalue weighted by atomic mass is 16.6. The summed E-state index contributed by atoms with van der Waals surface area (Å²) in [5.41, 5.74) is 4.75. The van der Waals surface area contributed by atoms with Crippen molar-refractivity contribution in [2.75, 3.05) is 14.2 Å². The lowest BCUT2D eigenvalue weighted by atomic mass is 10.1. The number of nitrogens with zero attached hydrogens (tertiary/aromatic N) is 2. The van der Waals surface area contributed by atoms with Crippen molar-refractivity contribution in [3.8, 4) is 17.2 Å². The molecule has 3 aromatic carbocycles. The van der Waals surface area contributed by atoms with Crippen molar-refractivity contribution in [1.29, 1.82) is 0 Å². The molecule has 0 unspecified atom stereocenters. The molecule has 0 saturated heterocycles. The molecule has 0 fully saturated rings. The van der Waals surface area contributed by atoms with E-state index >= 15 is 0 Å². The van der Waals surface area contributed by atoms with Crippen LogP contribution >= 0.6 is 0 Å². The topological polar surface area (TPSA) is 112 Å². The third kappa shape index (κ3) is 6.07. The van der Waals surface area contributed by atoms with Crippen molar-refractivity contribution in [3.63, 3.8) is 0 Å². The largest absolute Gasteiger partial charge is 0.497 e. The lowest BCUT2D eigenvalue weighted by molar-refractivity contribution is -0.386. The van der Waals surface area contributed by atoms with E-state index in [2.05, 4.69) is 10.5 Å². The fourth-order valence-corrected chi connectivity index (χ4v) is 3.07. The molecule has 0 aliphatic rings. The fourth-order valence-electron chi connectivity index (χ4n) is 3.07. The van der Waals surface area contributed by atoms with Crippen molar-refractivity contribution in [2.24, 2.45) is 5.10 Å². The summed E-state index contributed by atoms with van der Waals surface area (Å²) in [6.07, 6.45) is 1.29. The zero-order valence-electron chi connectivity index (χ0n) is 18.4. The molecule has 9 nitrogen and oxygen atoms in total. The summed E-state index contributed by atoms with van der Waals surface area (Å²) in [4.78, 5) is 23.4. The van der Waals surface area contributed by atoms with Gasteiger partial charge in [0.05, 0.1) is 25.4 Å². The van der Waals surface area contributed by atoms with Crippen LogP contribution in [0.5, 0.6) is 17.2 Å². The average Bonchev–Trinajstić information content (AvgIpc) is 2.82. The summed E-state index contributed by atoms with van der Waals surface area (Å²) in [6.45, 7) is 2.09. The van der Waals surface area contributed by atoms with Crippen LogP contribution in [0, 0.1) is 17.0 Å². The number of hydrazone groups is 1. The molecule has 0 aliphatic carbocycles. The first kappa shape index (κ1) is 23.3. The summed E-state index contributed by atoms with van der Waals surface area (Å²) in [5.74, 6) is 0.275. The van der Waals surface area contributed by atoms with Crippen LogP contribution in [0.2, 0.25) is 0 Å². The highest BCUT2D eigenvalue weighted by Crippen LogP contribution is 2.38. The molecule has 0 atom stereocenters. The Kier molecular flexibility index (Phi) is 7.59. The van der Waals surface area contributed by atoms with E-state index in [0.717, 1.165) is 11.1 Å². The van der Waals surface area contributed by atoms with Crippen LogP contribution in [0.4, 0.5) is 5.69 Å². The van der Waals surface area contributed by atoms with Crippen LogP contribution in [0.25, 0.3) is 0 Å². The van der Waals surface area contributed by atoms with Crippen LogP contribution in [0.15, 0.2) is 65.8 Å². The van der Waals surface area contributed by atoms with Crippen molar-refractivity contribution in [3.05, 3.63) is 93.0 Å². The molecular formula is C24H23N3O6. The summed E-state index contributed by atoms with van der Waals surface area (Å²) < 4.78 is 16.2. The van der Waals surface area contributed by atoms with E-state index in [1.165, 1.54) is 26.5 Å². The van der Waals surface area contributed by atoms with Crippen LogP contribution < -0.4 is 19.6 Å². The van der Waals surface area contributed by atoms with Gasteiger partial charge in [-0.15, -0.1) is 0 Å². The van der Waals surface area contributed by atoms with Gasteiger partial charge in [-0.3, -0.25) is 14.9 Å². The van der Waals surface area contributed by atoms with Gasteiger partial charge in [-0.1, -0.05) is 35.9 Å². The van der Waals surface area contributed by atoms with Gasteiger partial charge in [0.1, 0.15) is 12.4 Å². The number of benzene rings is 3. The van der Waals surface area contributed by atoms with Crippen LogP contribution in [0.1, 0.15) is 27.0 Å². The van der Waals surface area contributed by atoms with Gasteiger partial charge in [0, 0.05) is 17.2 Å². The molecule has 3 aromatic rings. The third-order valence-electron chi connectivity index (χ3n) is 4.65. The van der Waals surface area contributed by atoms with Gasteiger partial charge in [0.2, 0.25) is 5.75 Å². The van der Waals surface area contributed by atoms with Gasteiger partial charge >= 0.3 is 5.69 Å². The minimum Gasteiger partial charge on any atom is -0.497 e. The monoisotopic (exact) mass is 449 g/mol. The number of nitrogens with one attached hydrogen (secondary N) is 1. The number of nitro benzene ring substituents is 1. The van der Waals surface area contributed by atoms with Gasteiger partial charge in [0.15, 0.2) is 5.75 Å². The van der Waals surface area contributed by atoms with Crippen LogP contribution in [0.3, 0.4) is 0 Å². The van der Waals surface area contributed by atoms with Gasteiger partial charge in [-0.05, 0) is 36.8 Å². The van der Waals surface area contributed by atoms with E-state index in [1.54, 1.807) is 30.3 Å². The fraction of sp³-hybridized carbons (Fsp3) is 0.167. The predicted molar refractivity (Wildman–Crippen MR) is 123 cm³/mol. The smallest absolute Gasteiger partial charge is 0.315 e. The molecule has 1 N–H and O–H groups in total. The molecular weight excluding hydrogens is 426 g/mol. The van der Waals surface area contributed by atoms with E-state index in [-0.39, 0.29) is 23.8 Å². The summed E-state index contributed by atoms with van der Waals surface area (Å²) in [7, 11) is 2.90. The average molecular weight is 449 g/mol. The van der Waals surface area contributed by atoms with Crippen LogP contribution in [-0.4, -0.2) is 31.3 Å². The minimum absolute atomic E-state index is 0.0153. The second-order valence-electron chi connectivity index (χ2n) is 7.04. The maximum atomic E-state index is 12.3. The maximum absolute atomic E-state index is 12.3. The Hall–Kier alpha value is -4.40. The molecule has 0 aromatic heterocycles. The molecule has 33 heavy (non-hydrogen) atoms. The summed E-state index contributed by atoms with van der Waals surface area (Å²) in [5, 5.41) is 15.6. The highest BCUT2D eigenvalue weighted by molar-refractivity contribution is 5.95. The molecule has 1 amide bonds. The lowest BCUT2D eigenvalue weighted by Gasteiger charge is -2.12. The second kappa shape index (κ2) is 10.8. The second-order valence-corrected chi connectivity index (χ2v) is 7.04. The van der Waals surface area contributed by atoms with E-state index in [1.807, 2.05) is 31.2 Å². The number of hydrogen-bond donors (Lipinski definition) is 1. The Morgan fingerprint density at radius 3 is 2.58 bits per heavy atom. The number of rotatable bonds is 9. The van der Waals surface area contributed by atoms with E-state index in [4.69, 9.17) is 14.2 Å². The molecule has 0 saturated carbocycles. The predicted octanol–water partition coefficient (Wildman–Crippen LogP) is 4.26. The Morgan fingerprint density at radius 2 is 1.88 bits per heavy atom. The number of nitro groups is 1. The number of aryl methyl sites for hydroxylation is 1. The Balaban J connectivity index is 1.79. The number of methoxy groups -OCH3 is 2. The zero-order valence-corrected chi connectivity index (χ0v) is 18.4. The van der Waals surface area contributed by atoms with Crippen molar-refractivity contribution in [2.45, 2.75) is 13.5 Å². The third-order valence-corrected chi connectivity index (χ3v) is 4.65. The number of hydrogen-bond acceptors (Lipinski definition) is 7. The summed E-state index contributed by atoms with van der Waals surface area (Å²) in [6, 6.07) is 17.1. The number of carbonyl (C=O) groups is 1. The first-order chi connectivity index (χ1) is 15.9. The number of amides is 1. The van der Waals surface area contributed by atoms with Crippen molar-refractivity contribution < 1.29 is 23.9 Å². The highest BCUT2D eigenvalue weighted by Gasteiger charge is 2.22. The molecule has 170 valence electrons. The maximum Gasteiger partial charge on any atom is 0.315 e. The number of ether oxygens (including phenoxy) is 3. The lowest BCUT2D eigenvalue weighted by Crippen LogP contribution is -2.17. The van der Waals surface area contributed by atoms with Gasteiger partial charge in [-0.25, -0.2) is 5.43 Å². The van der Waals surface area contributed by atoms with Gasteiger partial charge in [0.25, 0.3) is 5.91 Å². The van der Waals surface area contributed by atoms with E-state index in [0.29, 0.717) is 16.9 Å².